The average molecular weight is 257 g/mol. The number of imide groups is 1. The number of hydrogen-bond donors (Lipinski definition) is 1. The Morgan fingerprint density at radius 3 is 2.42 bits per heavy atom. The standard InChI is InChI=1S/C14H15N3O2/c1-14(2)7-11(18)17(12(19)8-14)13-15-9-5-3-4-6-10(9)16-13/h3-6H,7-8H2,1-2H3,(H,15,16). The smallest absolute Gasteiger partial charge is 0.236 e. The van der Waals surface area contributed by atoms with E-state index in [1.165, 1.54) is 4.90 Å². The average Bonchev–Trinajstić information content (AvgIpc) is 2.68. The number of benzene rings is 1. The quantitative estimate of drug-likeness (QED) is 0.797. The minimum atomic E-state index is -0.267. The number of H-pyrrole nitrogens is 1. The van der Waals surface area contributed by atoms with Crippen LogP contribution in [-0.4, -0.2) is 21.8 Å². The zero-order chi connectivity index (χ0) is 13.6. The molecule has 1 aromatic carbocycles. The zero-order valence-electron chi connectivity index (χ0n) is 10.9. The largest absolute Gasteiger partial charge is 0.323 e. The first-order chi connectivity index (χ1) is 8.96. The monoisotopic (exact) mass is 257 g/mol. The van der Waals surface area contributed by atoms with Crippen LogP contribution in [0.3, 0.4) is 0 Å². The SMILES string of the molecule is CC1(C)CC(=O)N(c2nc3ccccc3[nH]2)C(=O)C1. The lowest BCUT2D eigenvalue weighted by Gasteiger charge is -2.33. The van der Waals surface area contributed by atoms with Crippen LogP contribution in [-0.2, 0) is 9.59 Å². The Hall–Kier alpha value is -2.17. The summed E-state index contributed by atoms with van der Waals surface area (Å²) in [6.07, 6.45) is 0.714. The topological polar surface area (TPSA) is 66.1 Å². The van der Waals surface area contributed by atoms with Crippen LogP contribution in [0.15, 0.2) is 24.3 Å². The third-order valence-electron chi connectivity index (χ3n) is 3.35. The predicted molar refractivity (Wildman–Crippen MR) is 71.6 cm³/mol. The van der Waals surface area contributed by atoms with E-state index in [0.29, 0.717) is 18.8 Å². The van der Waals surface area contributed by atoms with Crippen molar-refractivity contribution in [3.05, 3.63) is 24.3 Å². The van der Waals surface area contributed by atoms with Crippen LogP contribution < -0.4 is 4.90 Å². The van der Waals surface area contributed by atoms with E-state index < -0.39 is 0 Å². The van der Waals surface area contributed by atoms with Gasteiger partial charge < -0.3 is 4.98 Å². The number of aromatic amines is 1. The van der Waals surface area contributed by atoms with Gasteiger partial charge in [0.15, 0.2) is 0 Å². The van der Waals surface area contributed by atoms with Crippen molar-refractivity contribution in [2.75, 3.05) is 4.90 Å². The number of rotatable bonds is 1. The molecule has 98 valence electrons. The van der Waals surface area contributed by atoms with E-state index in [2.05, 4.69) is 9.97 Å². The molecular formula is C14H15N3O2. The van der Waals surface area contributed by atoms with E-state index >= 15 is 0 Å². The van der Waals surface area contributed by atoms with E-state index in [1.54, 1.807) is 0 Å². The van der Waals surface area contributed by atoms with Crippen molar-refractivity contribution in [3.63, 3.8) is 0 Å². The number of carbonyl (C=O) groups is 2. The summed E-state index contributed by atoms with van der Waals surface area (Å²) in [6.45, 7) is 3.86. The zero-order valence-corrected chi connectivity index (χ0v) is 10.9. The second-order valence-corrected chi connectivity index (χ2v) is 5.72. The number of nitrogens with zero attached hydrogens (tertiary/aromatic N) is 2. The number of fused-ring (bicyclic) bond motifs is 1. The molecule has 0 unspecified atom stereocenters. The fourth-order valence-electron chi connectivity index (χ4n) is 2.46. The van der Waals surface area contributed by atoms with Gasteiger partial charge in [-0.2, -0.15) is 0 Å². The Balaban J connectivity index is 2.01. The number of para-hydroxylation sites is 2. The minimum Gasteiger partial charge on any atom is -0.323 e. The van der Waals surface area contributed by atoms with Crippen molar-refractivity contribution in [1.29, 1.82) is 0 Å². The molecule has 2 aromatic rings. The fourth-order valence-corrected chi connectivity index (χ4v) is 2.46. The summed E-state index contributed by atoms with van der Waals surface area (Å²) >= 11 is 0. The first-order valence-electron chi connectivity index (χ1n) is 6.27. The first kappa shape index (κ1) is 11.9. The van der Waals surface area contributed by atoms with Crippen LogP contribution in [0.4, 0.5) is 5.95 Å². The summed E-state index contributed by atoms with van der Waals surface area (Å²) in [7, 11) is 0. The van der Waals surface area contributed by atoms with Crippen molar-refractivity contribution in [2.45, 2.75) is 26.7 Å². The highest BCUT2D eigenvalue weighted by Crippen LogP contribution is 2.33. The summed E-state index contributed by atoms with van der Waals surface area (Å²) in [6, 6.07) is 7.47. The number of anilines is 1. The first-order valence-corrected chi connectivity index (χ1v) is 6.27. The molecule has 1 aliphatic heterocycles. The molecule has 0 spiro atoms. The number of imidazole rings is 1. The Kier molecular flexibility index (Phi) is 2.45. The van der Waals surface area contributed by atoms with Crippen LogP contribution in [0.1, 0.15) is 26.7 Å². The molecule has 0 aliphatic carbocycles. The van der Waals surface area contributed by atoms with E-state index in [4.69, 9.17) is 0 Å². The third-order valence-corrected chi connectivity index (χ3v) is 3.35. The van der Waals surface area contributed by atoms with Gasteiger partial charge in [-0.15, -0.1) is 0 Å². The molecule has 2 heterocycles. The van der Waals surface area contributed by atoms with Crippen LogP contribution in [0, 0.1) is 5.41 Å². The molecular weight excluding hydrogens is 242 g/mol. The van der Waals surface area contributed by atoms with Crippen molar-refractivity contribution in [1.82, 2.24) is 9.97 Å². The summed E-state index contributed by atoms with van der Waals surface area (Å²) in [5, 5.41) is 0. The lowest BCUT2D eigenvalue weighted by atomic mass is 9.82. The molecule has 1 aliphatic rings. The molecule has 0 bridgehead atoms. The van der Waals surface area contributed by atoms with Crippen molar-refractivity contribution in [3.8, 4) is 0 Å². The maximum absolute atomic E-state index is 12.1. The normalized spacial score (nSPS) is 19.2. The molecule has 19 heavy (non-hydrogen) atoms. The van der Waals surface area contributed by atoms with Crippen molar-refractivity contribution >= 4 is 28.8 Å². The van der Waals surface area contributed by atoms with Crippen LogP contribution in [0.25, 0.3) is 11.0 Å². The fraction of sp³-hybridized carbons (Fsp3) is 0.357. The summed E-state index contributed by atoms with van der Waals surface area (Å²) in [5.74, 6) is -0.0627. The summed E-state index contributed by atoms with van der Waals surface area (Å²) in [5.41, 5.74) is 1.31. The molecule has 5 nitrogen and oxygen atoms in total. The van der Waals surface area contributed by atoms with Gasteiger partial charge in [0.25, 0.3) is 0 Å². The summed E-state index contributed by atoms with van der Waals surface area (Å²) in [4.78, 5) is 32.8. The van der Waals surface area contributed by atoms with Gasteiger partial charge in [0.05, 0.1) is 11.0 Å². The number of aromatic nitrogens is 2. The van der Waals surface area contributed by atoms with Gasteiger partial charge in [0.1, 0.15) is 0 Å². The second kappa shape index (κ2) is 3.91. The molecule has 1 fully saturated rings. The van der Waals surface area contributed by atoms with Gasteiger partial charge in [-0.25, -0.2) is 9.88 Å². The van der Waals surface area contributed by atoms with E-state index in [9.17, 15) is 9.59 Å². The Morgan fingerprint density at radius 2 is 1.79 bits per heavy atom. The summed E-state index contributed by atoms with van der Waals surface area (Å²) < 4.78 is 0. The molecule has 1 saturated heterocycles. The van der Waals surface area contributed by atoms with Crippen molar-refractivity contribution in [2.24, 2.45) is 5.41 Å². The third kappa shape index (κ3) is 2.01. The molecule has 5 heteroatoms. The number of piperidine rings is 1. The molecule has 0 atom stereocenters. The maximum Gasteiger partial charge on any atom is 0.236 e. The van der Waals surface area contributed by atoms with Gasteiger partial charge in [-0.1, -0.05) is 26.0 Å². The van der Waals surface area contributed by atoms with Gasteiger partial charge in [-0.05, 0) is 17.5 Å². The Morgan fingerprint density at radius 1 is 1.16 bits per heavy atom. The van der Waals surface area contributed by atoms with Gasteiger partial charge in [0.2, 0.25) is 17.8 Å². The highest BCUT2D eigenvalue weighted by molar-refractivity contribution is 6.16. The van der Waals surface area contributed by atoms with Crippen molar-refractivity contribution < 1.29 is 9.59 Å². The van der Waals surface area contributed by atoms with Crippen LogP contribution in [0.2, 0.25) is 0 Å². The number of hydrogen-bond acceptors (Lipinski definition) is 3. The predicted octanol–water partition coefficient (Wildman–Crippen LogP) is 2.24. The maximum atomic E-state index is 12.1. The lowest BCUT2D eigenvalue weighted by molar-refractivity contribution is -0.132. The van der Waals surface area contributed by atoms with Gasteiger partial charge in [0, 0.05) is 12.8 Å². The minimum absolute atomic E-state index is 0.194. The van der Waals surface area contributed by atoms with E-state index in [1.807, 2.05) is 38.1 Å². The van der Waals surface area contributed by atoms with Crippen LogP contribution in [0.5, 0.6) is 0 Å². The lowest BCUT2D eigenvalue weighted by Crippen LogP contribution is -2.46. The molecule has 3 rings (SSSR count). The molecule has 1 N–H and O–H groups in total. The van der Waals surface area contributed by atoms with E-state index in [-0.39, 0.29) is 17.2 Å². The van der Waals surface area contributed by atoms with Gasteiger partial charge in [-0.3, -0.25) is 9.59 Å². The molecule has 0 saturated carbocycles. The molecule has 1 aromatic heterocycles. The number of nitrogens with one attached hydrogen (secondary N) is 1. The van der Waals surface area contributed by atoms with Gasteiger partial charge >= 0.3 is 0 Å². The second-order valence-electron chi connectivity index (χ2n) is 5.72. The highest BCUT2D eigenvalue weighted by Gasteiger charge is 2.39. The molecule has 0 radical (unpaired) electrons. The van der Waals surface area contributed by atoms with E-state index in [0.717, 1.165) is 11.0 Å². The number of amides is 2. The highest BCUT2D eigenvalue weighted by atomic mass is 16.2. The Labute approximate surface area is 110 Å². The molecule has 2 amide bonds. The Bertz CT molecular complexity index is 619. The number of carbonyl (C=O) groups excluding carboxylic acids is 2. The van der Waals surface area contributed by atoms with Crippen LogP contribution >= 0.6 is 0 Å².